The molecule has 0 radical (unpaired) electrons. The Kier molecular flexibility index (Phi) is 3.66. The average Bonchev–Trinajstić information content (AvgIpc) is 2.88. The fourth-order valence-corrected chi connectivity index (χ4v) is 3.52. The molecule has 0 aliphatic rings. The second-order valence-corrected chi connectivity index (χ2v) is 6.52. The van der Waals surface area contributed by atoms with Gasteiger partial charge in [-0.2, -0.15) is 0 Å². The van der Waals surface area contributed by atoms with E-state index < -0.39 is 5.54 Å². The topological polar surface area (TPSA) is 48.1 Å². The van der Waals surface area contributed by atoms with Crippen molar-refractivity contribution in [3.8, 4) is 5.75 Å². The van der Waals surface area contributed by atoms with E-state index in [2.05, 4.69) is 11.1 Å². The molecule has 1 atom stereocenters. The van der Waals surface area contributed by atoms with Crippen LogP contribution in [0.1, 0.15) is 17.5 Å². The molecule has 0 saturated heterocycles. The predicted octanol–water partition coefficient (Wildman–Crippen LogP) is 3.72. The molecule has 2 N–H and O–H groups in total. The average molecular weight is 298 g/mol. The fraction of sp³-hybridized carbons (Fsp3) is 0.235. The van der Waals surface area contributed by atoms with Gasteiger partial charge < -0.3 is 10.5 Å². The monoisotopic (exact) mass is 298 g/mol. The van der Waals surface area contributed by atoms with Gasteiger partial charge in [0.15, 0.2) is 0 Å². The molecule has 108 valence electrons. The Morgan fingerprint density at radius 1 is 1.19 bits per heavy atom. The lowest BCUT2D eigenvalue weighted by molar-refractivity contribution is 0.410. The molecule has 21 heavy (non-hydrogen) atoms. The molecular formula is C17H18N2OS. The van der Waals surface area contributed by atoms with Gasteiger partial charge in [-0.15, -0.1) is 11.3 Å². The Morgan fingerprint density at radius 2 is 2.00 bits per heavy atom. The van der Waals surface area contributed by atoms with E-state index in [1.807, 2.05) is 49.4 Å². The van der Waals surface area contributed by atoms with Crippen molar-refractivity contribution in [2.45, 2.75) is 18.9 Å². The number of nitrogens with zero attached hydrogens (tertiary/aromatic N) is 1. The minimum absolute atomic E-state index is 0.470. The Balaban J connectivity index is 1.90. The summed E-state index contributed by atoms with van der Waals surface area (Å²) in [5, 5.41) is 1.06. The van der Waals surface area contributed by atoms with Gasteiger partial charge in [0.05, 0.1) is 22.3 Å². The largest absolute Gasteiger partial charge is 0.497 e. The van der Waals surface area contributed by atoms with Crippen LogP contribution in [0.3, 0.4) is 0 Å². The first kappa shape index (κ1) is 14.0. The Morgan fingerprint density at radius 3 is 2.76 bits per heavy atom. The second-order valence-electron chi connectivity index (χ2n) is 5.40. The molecule has 1 heterocycles. The first-order valence-corrected chi connectivity index (χ1v) is 7.68. The minimum atomic E-state index is -0.470. The van der Waals surface area contributed by atoms with E-state index in [0.717, 1.165) is 21.8 Å². The molecular weight excluding hydrogens is 280 g/mol. The number of hydrogen-bond acceptors (Lipinski definition) is 4. The van der Waals surface area contributed by atoms with Crippen molar-refractivity contribution in [3.63, 3.8) is 0 Å². The predicted molar refractivity (Wildman–Crippen MR) is 87.9 cm³/mol. The third-order valence-electron chi connectivity index (χ3n) is 3.59. The van der Waals surface area contributed by atoms with E-state index in [1.54, 1.807) is 18.4 Å². The zero-order chi connectivity index (χ0) is 14.9. The highest BCUT2D eigenvalue weighted by atomic mass is 32.1. The summed E-state index contributed by atoms with van der Waals surface area (Å²) in [5.41, 5.74) is 8.15. The number of rotatable bonds is 4. The van der Waals surface area contributed by atoms with E-state index in [0.29, 0.717) is 6.42 Å². The Hall–Kier alpha value is -1.91. The van der Waals surface area contributed by atoms with Crippen molar-refractivity contribution >= 4 is 21.6 Å². The van der Waals surface area contributed by atoms with Crippen LogP contribution in [-0.4, -0.2) is 12.1 Å². The third-order valence-corrected chi connectivity index (χ3v) is 4.62. The van der Waals surface area contributed by atoms with E-state index in [4.69, 9.17) is 10.5 Å². The lowest BCUT2D eigenvalue weighted by atomic mass is 9.90. The summed E-state index contributed by atoms with van der Waals surface area (Å²) in [6.45, 7) is 2.04. The normalized spacial score (nSPS) is 14.0. The van der Waals surface area contributed by atoms with Crippen molar-refractivity contribution in [1.82, 2.24) is 4.98 Å². The minimum Gasteiger partial charge on any atom is -0.497 e. The fourth-order valence-electron chi connectivity index (χ4n) is 2.39. The zero-order valence-corrected chi connectivity index (χ0v) is 13.0. The van der Waals surface area contributed by atoms with Crippen LogP contribution >= 0.6 is 11.3 Å². The highest BCUT2D eigenvalue weighted by Gasteiger charge is 2.24. The van der Waals surface area contributed by atoms with Gasteiger partial charge in [-0.1, -0.05) is 24.3 Å². The lowest BCUT2D eigenvalue weighted by Crippen LogP contribution is -2.35. The van der Waals surface area contributed by atoms with Crippen LogP contribution in [0.2, 0.25) is 0 Å². The molecule has 1 unspecified atom stereocenters. The number of benzene rings is 2. The van der Waals surface area contributed by atoms with Crippen LogP contribution in [0.25, 0.3) is 10.2 Å². The van der Waals surface area contributed by atoms with Gasteiger partial charge in [0.25, 0.3) is 0 Å². The van der Waals surface area contributed by atoms with Crippen molar-refractivity contribution in [2.24, 2.45) is 5.73 Å². The summed E-state index contributed by atoms with van der Waals surface area (Å²) >= 11 is 1.71. The quantitative estimate of drug-likeness (QED) is 0.798. The van der Waals surface area contributed by atoms with Crippen LogP contribution in [0.5, 0.6) is 5.75 Å². The summed E-state index contributed by atoms with van der Waals surface area (Å²) in [5.74, 6) is 0.827. The van der Waals surface area contributed by atoms with Gasteiger partial charge in [-0.3, -0.25) is 0 Å². The first-order chi connectivity index (χ1) is 10.1. The number of aromatic nitrogens is 1. The molecule has 0 fully saturated rings. The summed E-state index contributed by atoms with van der Waals surface area (Å²) in [4.78, 5) is 4.67. The van der Waals surface area contributed by atoms with Crippen molar-refractivity contribution in [3.05, 3.63) is 59.1 Å². The van der Waals surface area contributed by atoms with Crippen LogP contribution in [0.15, 0.2) is 48.5 Å². The molecule has 3 rings (SSSR count). The first-order valence-electron chi connectivity index (χ1n) is 6.86. The number of para-hydroxylation sites is 1. The molecule has 0 aliphatic carbocycles. The van der Waals surface area contributed by atoms with Crippen molar-refractivity contribution in [1.29, 1.82) is 0 Å². The Bertz CT molecular complexity index is 731. The van der Waals surface area contributed by atoms with E-state index >= 15 is 0 Å². The van der Waals surface area contributed by atoms with Crippen LogP contribution < -0.4 is 10.5 Å². The summed E-state index contributed by atoms with van der Waals surface area (Å²) < 4.78 is 6.48. The number of hydrogen-bond donors (Lipinski definition) is 1. The molecule has 0 saturated carbocycles. The number of nitrogens with two attached hydrogens (primary N) is 1. The van der Waals surface area contributed by atoms with E-state index in [9.17, 15) is 0 Å². The van der Waals surface area contributed by atoms with Gasteiger partial charge in [0.1, 0.15) is 5.75 Å². The second kappa shape index (κ2) is 5.47. The van der Waals surface area contributed by atoms with Crippen molar-refractivity contribution in [2.75, 3.05) is 7.11 Å². The zero-order valence-electron chi connectivity index (χ0n) is 12.2. The van der Waals surface area contributed by atoms with Gasteiger partial charge in [0.2, 0.25) is 0 Å². The maximum atomic E-state index is 6.53. The molecule has 4 heteroatoms. The molecule has 3 aromatic rings. The molecule has 1 aromatic heterocycles. The summed E-state index contributed by atoms with van der Waals surface area (Å²) in [7, 11) is 1.67. The van der Waals surface area contributed by atoms with Crippen LogP contribution in [0, 0.1) is 0 Å². The number of fused-ring (bicyclic) bond motifs is 1. The standard InChI is InChI=1S/C17H18N2OS/c1-17(18,12-6-5-7-13(10-12)20-2)11-16-19-14-8-3-4-9-15(14)21-16/h3-10H,11,18H2,1-2H3. The Labute approximate surface area is 128 Å². The lowest BCUT2D eigenvalue weighted by Gasteiger charge is -2.24. The third kappa shape index (κ3) is 2.91. The molecule has 0 spiro atoms. The summed E-state index contributed by atoms with van der Waals surface area (Å²) in [6, 6.07) is 16.1. The maximum Gasteiger partial charge on any atom is 0.119 e. The van der Waals surface area contributed by atoms with E-state index in [1.165, 1.54) is 4.70 Å². The molecule has 0 amide bonds. The van der Waals surface area contributed by atoms with Crippen LogP contribution in [-0.2, 0) is 12.0 Å². The highest BCUT2D eigenvalue weighted by Crippen LogP contribution is 2.29. The highest BCUT2D eigenvalue weighted by molar-refractivity contribution is 7.18. The number of methoxy groups -OCH3 is 1. The molecule has 0 aliphatic heterocycles. The van der Waals surface area contributed by atoms with Crippen LogP contribution in [0.4, 0.5) is 0 Å². The molecule has 0 bridgehead atoms. The van der Waals surface area contributed by atoms with Gasteiger partial charge in [0, 0.05) is 12.0 Å². The van der Waals surface area contributed by atoms with Gasteiger partial charge in [-0.25, -0.2) is 4.98 Å². The smallest absolute Gasteiger partial charge is 0.119 e. The van der Waals surface area contributed by atoms with Crippen molar-refractivity contribution < 1.29 is 4.74 Å². The SMILES string of the molecule is COc1cccc(C(C)(N)Cc2nc3ccccc3s2)c1. The number of ether oxygens (including phenoxy) is 1. The number of thiazole rings is 1. The molecule has 3 nitrogen and oxygen atoms in total. The maximum absolute atomic E-state index is 6.53. The molecule has 2 aromatic carbocycles. The van der Waals surface area contributed by atoms with Gasteiger partial charge >= 0.3 is 0 Å². The summed E-state index contributed by atoms with van der Waals surface area (Å²) in [6.07, 6.45) is 0.708. The van der Waals surface area contributed by atoms with E-state index in [-0.39, 0.29) is 0 Å². The van der Waals surface area contributed by atoms with Gasteiger partial charge in [-0.05, 0) is 36.8 Å².